The molecule has 3 heteroatoms. The van der Waals surface area contributed by atoms with Gasteiger partial charge in [0.1, 0.15) is 0 Å². The first-order valence-corrected chi connectivity index (χ1v) is 4.72. The predicted molar refractivity (Wildman–Crippen MR) is 48.3 cm³/mol. The van der Waals surface area contributed by atoms with E-state index in [1.165, 1.54) is 25.7 Å². The molecule has 1 amide bonds. The van der Waals surface area contributed by atoms with Gasteiger partial charge in [0.2, 0.25) is 5.91 Å². The minimum Gasteiger partial charge on any atom is -0.292 e. The Balaban J connectivity index is 2.34. The van der Waals surface area contributed by atoms with Crippen LogP contribution >= 0.6 is 0 Å². The van der Waals surface area contributed by atoms with E-state index in [1.807, 2.05) is 6.92 Å². The van der Waals surface area contributed by atoms with Gasteiger partial charge in [-0.25, -0.2) is 5.43 Å². The Morgan fingerprint density at radius 3 is 2.50 bits per heavy atom. The van der Waals surface area contributed by atoms with Crippen molar-refractivity contribution >= 4 is 5.91 Å². The molecule has 0 saturated heterocycles. The number of amides is 1. The van der Waals surface area contributed by atoms with Gasteiger partial charge in [0.05, 0.1) is 0 Å². The van der Waals surface area contributed by atoms with Crippen molar-refractivity contribution in [2.24, 2.45) is 11.8 Å². The van der Waals surface area contributed by atoms with Crippen LogP contribution in [0.4, 0.5) is 0 Å². The summed E-state index contributed by atoms with van der Waals surface area (Å²) in [7, 11) is 1.72. The van der Waals surface area contributed by atoms with Crippen molar-refractivity contribution in [2.45, 2.75) is 32.6 Å². The first-order valence-electron chi connectivity index (χ1n) is 4.72. The quantitative estimate of drug-likeness (QED) is 0.622. The average Bonchev–Trinajstić information content (AvgIpc) is 2.55. The molecule has 1 atom stereocenters. The second kappa shape index (κ2) is 4.45. The van der Waals surface area contributed by atoms with Gasteiger partial charge in [0.25, 0.3) is 0 Å². The molecule has 0 heterocycles. The summed E-state index contributed by atoms with van der Waals surface area (Å²) in [5, 5.41) is 0. The lowest BCUT2D eigenvalue weighted by atomic mass is 9.92. The highest BCUT2D eigenvalue weighted by atomic mass is 16.2. The molecule has 0 spiro atoms. The van der Waals surface area contributed by atoms with Crippen LogP contribution in [0.2, 0.25) is 0 Å². The zero-order chi connectivity index (χ0) is 8.97. The molecule has 70 valence electrons. The highest BCUT2D eigenvalue weighted by Crippen LogP contribution is 2.30. The van der Waals surface area contributed by atoms with Gasteiger partial charge in [0, 0.05) is 13.0 Å². The van der Waals surface area contributed by atoms with Crippen molar-refractivity contribution in [3.63, 3.8) is 0 Å². The van der Waals surface area contributed by atoms with Gasteiger partial charge in [-0.2, -0.15) is 0 Å². The summed E-state index contributed by atoms with van der Waals surface area (Å²) >= 11 is 0. The molecular formula is C9H18N2O. The maximum atomic E-state index is 11.4. The van der Waals surface area contributed by atoms with Crippen LogP contribution in [0.1, 0.15) is 32.6 Å². The summed E-state index contributed by atoms with van der Waals surface area (Å²) in [6, 6.07) is 0. The molecule has 0 aromatic carbocycles. The van der Waals surface area contributed by atoms with E-state index in [1.54, 1.807) is 7.05 Å². The zero-order valence-electron chi connectivity index (χ0n) is 7.89. The fourth-order valence-electron chi connectivity index (χ4n) is 1.91. The number of rotatable bonds is 3. The molecule has 0 radical (unpaired) electrons. The smallest absolute Gasteiger partial charge is 0.237 e. The maximum Gasteiger partial charge on any atom is 0.237 e. The van der Waals surface area contributed by atoms with Crippen LogP contribution in [0.25, 0.3) is 0 Å². The van der Waals surface area contributed by atoms with Gasteiger partial charge >= 0.3 is 0 Å². The van der Waals surface area contributed by atoms with Gasteiger partial charge in [-0.1, -0.05) is 19.8 Å². The van der Waals surface area contributed by atoms with E-state index in [0.29, 0.717) is 5.92 Å². The van der Waals surface area contributed by atoms with Crippen LogP contribution in [-0.2, 0) is 4.79 Å². The summed E-state index contributed by atoms with van der Waals surface area (Å²) in [6.45, 7) is 2.02. The molecule has 0 aromatic heterocycles. The number of hydrogen-bond acceptors (Lipinski definition) is 2. The fourth-order valence-corrected chi connectivity index (χ4v) is 1.91. The van der Waals surface area contributed by atoms with E-state index in [2.05, 4.69) is 10.9 Å². The summed E-state index contributed by atoms with van der Waals surface area (Å²) < 4.78 is 0. The third-order valence-electron chi connectivity index (χ3n) is 2.77. The molecule has 1 fully saturated rings. The number of hydrazine groups is 1. The summed E-state index contributed by atoms with van der Waals surface area (Å²) in [5.74, 6) is 0.905. The molecule has 0 aromatic rings. The van der Waals surface area contributed by atoms with E-state index >= 15 is 0 Å². The molecule has 1 rings (SSSR count). The fraction of sp³-hybridized carbons (Fsp3) is 0.889. The lowest BCUT2D eigenvalue weighted by Gasteiger charge is -2.17. The van der Waals surface area contributed by atoms with Crippen molar-refractivity contribution in [2.75, 3.05) is 7.05 Å². The van der Waals surface area contributed by atoms with Gasteiger partial charge in [0.15, 0.2) is 0 Å². The third-order valence-corrected chi connectivity index (χ3v) is 2.77. The topological polar surface area (TPSA) is 41.1 Å². The molecule has 2 N–H and O–H groups in total. The van der Waals surface area contributed by atoms with Gasteiger partial charge in [-0.15, -0.1) is 0 Å². The summed E-state index contributed by atoms with van der Waals surface area (Å²) in [4.78, 5) is 11.4. The van der Waals surface area contributed by atoms with Crippen molar-refractivity contribution < 1.29 is 4.79 Å². The first-order chi connectivity index (χ1) is 5.75. The Morgan fingerprint density at radius 2 is 2.00 bits per heavy atom. The van der Waals surface area contributed by atoms with E-state index < -0.39 is 0 Å². The highest BCUT2D eigenvalue weighted by molar-refractivity contribution is 5.78. The van der Waals surface area contributed by atoms with Crippen LogP contribution in [0, 0.1) is 11.8 Å². The van der Waals surface area contributed by atoms with Crippen molar-refractivity contribution in [3.8, 4) is 0 Å². The molecular weight excluding hydrogens is 152 g/mol. The van der Waals surface area contributed by atoms with Gasteiger partial charge < -0.3 is 0 Å². The Kier molecular flexibility index (Phi) is 3.53. The summed E-state index contributed by atoms with van der Waals surface area (Å²) in [6.07, 6.45) is 5.03. The second-order valence-corrected chi connectivity index (χ2v) is 3.57. The SMILES string of the molecule is CNNC(=O)C(C)C1CCCC1. The summed E-state index contributed by atoms with van der Waals surface area (Å²) in [5.41, 5.74) is 5.31. The van der Waals surface area contributed by atoms with Crippen LogP contribution < -0.4 is 10.9 Å². The third kappa shape index (κ3) is 2.21. The minimum atomic E-state index is 0.129. The second-order valence-electron chi connectivity index (χ2n) is 3.57. The van der Waals surface area contributed by atoms with Crippen molar-refractivity contribution in [1.29, 1.82) is 0 Å². The average molecular weight is 170 g/mol. The molecule has 12 heavy (non-hydrogen) atoms. The van der Waals surface area contributed by atoms with Gasteiger partial charge in [-0.3, -0.25) is 10.2 Å². The number of carbonyl (C=O) groups is 1. The predicted octanol–water partition coefficient (Wildman–Crippen LogP) is 1.06. The Morgan fingerprint density at radius 1 is 1.42 bits per heavy atom. The maximum absolute atomic E-state index is 11.4. The molecule has 1 saturated carbocycles. The molecule has 0 bridgehead atoms. The number of carbonyl (C=O) groups excluding carboxylic acids is 1. The standard InChI is InChI=1S/C9H18N2O/c1-7(9(12)11-10-2)8-5-3-4-6-8/h7-8,10H,3-6H2,1-2H3,(H,11,12). The molecule has 0 aliphatic heterocycles. The van der Waals surface area contributed by atoms with Crippen molar-refractivity contribution in [3.05, 3.63) is 0 Å². The minimum absolute atomic E-state index is 0.129. The molecule has 1 aliphatic carbocycles. The number of nitrogens with one attached hydrogen (secondary N) is 2. The van der Waals surface area contributed by atoms with E-state index in [-0.39, 0.29) is 11.8 Å². The molecule has 1 aliphatic rings. The first kappa shape index (κ1) is 9.52. The lowest BCUT2D eigenvalue weighted by Crippen LogP contribution is -2.39. The van der Waals surface area contributed by atoms with Crippen LogP contribution in [0.5, 0.6) is 0 Å². The van der Waals surface area contributed by atoms with Crippen LogP contribution in [0.15, 0.2) is 0 Å². The lowest BCUT2D eigenvalue weighted by molar-refractivity contribution is -0.126. The Labute approximate surface area is 73.9 Å². The zero-order valence-corrected chi connectivity index (χ0v) is 7.89. The highest BCUT2D eigenvalue weighted by Gasteiger charge is 2.26. The normalized spacial score (nSPS) is 20.8. The van der Waals surface area contributed by atoms with Crippen LogP contribution in [-0.4, -0.2) is 13.0 Å². The monoisotopic (exact) mass is 170 g/mol. The van der Waals surface area contributed by atoms with Crippen LogP contribution in [0.3, 0.4) is 0 Å². The van der Waals surface area contributed by atoms with E-state index in [9.17, 15) is 4.79 Å². The van der Waals surface area contributed by atoms with Gasteiger partial charge in [-0.05, 0) is 18.8 Å². The van der Waals surface area contributed by atoms with Crippen molar-refractivity contribution in [1.82, 2.24) is 10.9 Å². The molecule has 1 unspecified atom stereocenters. The van der Waals surface area contributed by atoms with E-state index in [4.69, 9.17) is 0 Å². The molecule has 3 nitrogen and oxygen atoms in total. The Bertz CT molecular complexity index is 153. The van der Waals surface area contributed by atoms with E-state index in [0.717, 1.165) is 0 Å². The number of hydrogen-bond donors (Lipinski definition) is 2. The Hall–Kier alpha value is -0.570. The largest absolute Gasteiger partial charge is 0.292 e.